The Hall–Kier alpha value is -3.43. The smallest absolute Gasteiger partial charge is 0.416 e. The van der Waals surface area contributed by atoms with E-state index in [-0.39, 0.29) is 29.4 Å². The van der Waals surface area contributed by atoms with Crippen LogP contribution in [-0.2, 0) is 11.0 Å². The lowest BCUT2D eigenvalue weighted by atomic mass is 10.1. The number of benzene rings is 1. The first-order valence-corrected chi connectivity index (χ1v) is 7.67. The molecule has 27 heavy (non-hydrogen) atoms. The molecule has 0 fully saturated rings. The summed E-state index contributed by atoms with van der Waals surface area (Å²) in [5.41, 5.74) is -1.00. The number of aliphatic carboxylic acids is 1. The van der Waals surface area contributed by atoms with Crippen LogP contribution >= 0.6 is 0 Å². The van der Waals surface area contributed by atoms with E-state index in [1.165, 1.54) is 16.6 Å². The minimum absolute atomic E-state index is 0.0136. The van der Waals surface area contributed by atoms with Gasteiger partial charge in [-0.25, -0.2) is 9.50 Å². The fourth-order valence-corrected chi connectivity index (χ4v) is 2.61. The van der Waals surface area contributed by atoms with E-state index in [1.54, 1.807) is 0 Å². The van der Waals surface area contributed by atoms with Crippen LogP contribution in [0.2, 0.25) is 0 Å². The number of fused-ring (bicyclic) bond motifs is 1. The molecule has 2 aromatic heterocycles. The van der Waals surface area contributed by atoms with Crippen LogP contribution in [0.25, 0.3) is 22.7 Å². The molecule has 2 heterocycles. The summed E-state index contributed by atoms with van der Waals surface area (Å²) in [4.78, 5) is 27.0. The van der Waals surface area contributed by atoms with E-state index >= 15 is 0 Å². The van der Waals surface area contributed by atoms with Crippen molar-refractivity contribution in [1.29, 1.82) is 0 Å². The van der Waals surface area contributed by atoms with Crippen molar-refractivity contribution in [2.24, 2.45) is 0 Å². The van der Waals surface area contributed by atoms with E-state index in [1.807, 2.05) is 0 Å². The Labute approximate surface area is 149 Å². The second kappa shape index (κ2) is 6.71. The van der Waals surface area contributed by atoms with Gasteiger partial charge in [0.05, 0.1) is 17.7 Å². The van der Waals surface area contributed by atoms with E-state index in [0.717, 1.165) is 24.5 Å². The van der Waals surface area contributed by atoms with Crippen LogP contribution in [0.15, 0.2) is 41.5 Å². The summed E-state index contributed by atoms with van der Waals surface area (Å²) in [6.07, 6.45) is -4.02. The molecule has 2 N–H and O–H groups in total. The van der Waals surface area contributed by atoms with Crippen LogP contribution in [0.4, 0.5) is 13.2 Å². The number of alkyl halides is 3. The largest absolute Gasteiger partial charge is 0.511 e. The number of hydrogen-bond acceptors (Lipinski definition) is 5. The highest BCUT2D eigenvalue weighted by atomic mass is 19.4. The molecule has 0 aliphatic rings. The zero-order chi connectivity index (χ0) is 19.8. The van der Waals surface area contributed by atoms with Crippen LogP contribution < -0.4 is 10.6 Å². The quantitative estimate of drug-likeness (QED) is 0.719. The summed E-state index contributed by atoms with van der Waals surface area (Å²) < 4.78 is 39.3. The monoisotopic (exact) mass is 379 g/mol. The van der Waals surface area contributed by atoms with Crippen LogP contribution in [0, 0.1) is 0 Å². The summed E-state index contributed by atoms with van der Waals surface area (Å²) >= 11 is 0. The molecular formula is C17H12F3N3O4. The normalized spacial score (nSPS) is 13.0. The van der Waals surface area contributed by atoms with Gasteiger partial charge in [0.25, 0.3) is 0 Å². The molecule has 3 aromatic rings. The Morgan fingerprint density at radius 1 is 1.11 bits per heavy atom. The summed E-state index contributed by atoms with van der Waals surface area (Å²) in [7, 11) is 0. The van der Waals surface area contributed by atoms with Gasteiger partial charge in [-0.15, -0.1) is 0 Å². The fraction of sp³-hybridized carbons (Fsp3) is 0.176. The fourth-order valence-electron chi connectivity index (χ4n) is 2.61. The number of halogens is 3. The second-order valence-corrected chi connectivity index (χ2v) is 5.68. The molecule has 0 bridgehead atoms. The predicted molar refractivity (Wildman–Crippen MR) is 87.8 cm³/mol. The maximum atomic E-state index is 12.7. The Balaban J connectivity index is 2.17. The zero-order valence-electron chi connectivity index (χ0n) is 13.6. The van der Waals surface area contributed by atoms with Gasteiger partial charge in [0.2, 0.25) is 0 Å². The van der Waals surface area contributed by atoms with Crippen molar-refractivity contribution >= 4 is 17.4 Å². The molecule has 0 atom stereocenters. The van der Waals surface area contributed by atoms with E-state index in [2.05, 4.69) is 10.1 Å². The summed E-state index contributed by atoms with van der Waals surface area (Å²) in [5.74, 6) is -1.59. The molecule has 10 heteroatoms. The van der Waals surface area contributed by atoms with Crippen molar-refractivity contribution in [2.45, 2.75) is 19.0 Å². The third-order valence-corrected chi connectivity index (χ3v) is 3.89. The van der Waals surface area contributed by atoms with Gasteiger partial charge in [-0.2, -0.15) is 18.3 Å². The first-order valence-electron chi connectivity index (χ1n) is 7.67. The van der Waals surface area contributed by atoms with E-state index < -0.39 is 28.9 Å². The van der Waals surface area contributed by atoms with Crippen molar-refractivity contribution in [3.63, 3.8) is 0 Å². The number of aliphatic hydroxyl groups excluding tert-OH is 1. The Morgan fingerprint density at radius 2 is 1.78 bits per heavy atom. The van der Waals surface area contributed by atoms with Gasteiger partial charge in [-0.3, -0.25) is 9.59 Å². The van der Waals surface area contributed by atoms with Crippen molar-refractivity contribution in [1.82, 2.24) is 14.6 Å². The first-order chi connectivity index (χ1) is 12.7. The number of pyridine rings is 1. The lowest BCUT2D eigenvalue weighted by Gasteiger charge is -2.09. The number of rotatable bonds is 4. The molecule has 0 unspecified atom stereocenters. The molecule has 3 rings (SSSR count). The molecule has 0 saturated carbocycles. The second-order valence-electron chi connectivity index (χ2n) is 5.68. The molecule has 0 saturated heterocycles. The molecule has 0 spiro atoms. The number of carbonyl (C=O) groups is 1. The van der Waals surface area contributed by atoms with Gasteiger partial charge in [0.1, 0.15) is 17.3 Å². The topological polar surface area (TPSA) is 105 Å². The van der Waals surface area contributed by atoms with Crippen molar-refractivity contribution in [3.8, 4) is 11.3 Å². The van der Waals surface area contributed by atoms with Crippen molar-refractivity contribution < 1.29 is 28.2 Å². The molecular weight excluding hydrogens is 367 g/mol. The Bertz CT molecular complexity index is 1120. The number of carboxylic acids is 1. The highest BCUT2D eigenvalue weighted by Crippen LogP contribution is 2.30. The third kappa shape index (κ3) is 3.59. The number of hydrogen-bond donors (Lipinski definition) is 2. The molecule has 0 amide bonds. The van der Waals surface area contributed by atoms with Gasteiger partial charge in [0.15, 0.2) is 11.1 Å². The van der Waals surface area contributed by atoms with Crippen LogP contribution in [0.5, 0.6) is 0 Å². The molecule has 7 nitrogen and oxygen atoms in total. The lowest BCUT2D eigenvalue weighted by molar-refractivity contribution is -0.138. The highest BCUT2D eigenvalue weighted by Gasteiger charge is 2.30. The zero-order valence-corrected chi connectivity index (χ0v) is 13.6. The first kappa shape index (κ1) is 18.4. The standard InChI is InChI=1S/C17H12F3N3O4/c18-17(19,20)10-3-1-9(2-4-10)11-7-13(25)15(12(24)5-6-14(26)27)16-21-8-22-23(11)16/h1-4,7-8,24H,5-6H2,(H,26,27)/b15-12-. The van der Waals surface area contributed by atoms with Crippen LogP contribution in [0.3, 0.4) is 0 Å². The summed E-state index contributed by atoms with van der Waals surface area (Å²) in [5, 5.41) is 22.6. The van der Waals surface area contributed by atoms with Gasteiger partial charge < -0.3 is 10.2 Å². The maximum Gasteiger partial charge on any atom is 0.416 e. The summed E-state index contributed by atoms with van der Waals surface area (Å²) in [6.45, 7) is 0. The number of nitrogens with zero attached hydrogens (tertiary/aromatic N) is 3. The lowest BCUT2D eigenvalue weighted by Crippen LogP contribution is -2.30. The third-order valence-electron chi connectivity index (χ3n) is 3.89. The number of aromatic nitrogens is 3. The summed E-state index contributed by atoms with van der Waals surface area (Å²) in [6, 6.07) is 5.27. The molecule has 0 aliphatic heterocycles. The van der Waals surface area contributed by atoms with Gasteiger partial charge >= 0.3 is 12.1 Å². The maximum absolute atomic E-state index is 12.7. The molecule has 1 aromatic carbocycles. The molecule has 0 radical (unpaired) electrons. The van der Waals surface area contributed by atoms with Crippen molar-refractivity contribution in [3.05, 3.63) is 57.7 Å². The van der Waals surface area contributed by atoms with E-state index in [0.29, 0.717) is 5.56 Å². The minimum Gasteiger partial charge on any atom is -0.511 e. The van der Waals surface area contributed by atoms with Crippen molar-refractivity contribution in [2.75, 3.05) is 0 Å². The van der Waals surface area contributed by atoms with E-state index in [4.69, 9.17) is 5.11 Å². The van der Waals surface area contributed by atoms with Crippen LogP contribution in [-0.4, -0.2) is 30.8 Å². The predicted octanol–water partition coefficient (Wildman–Crippen LogP) is 2.03. The van der Waals surface area contributed by atoms with Gasteiger partial charge in [-0.05, 0) is 12.1 Å². The Morgan fingerprint density at radius 3 is 2.37 bits per heavy atom. The Kier molecular flexibility index (Phi) is 4.56. The van der Waals surface area contributed by atoms with Gasteiger partial charge in [-0.1, -0.05) is 12.1 Å². The average molecular weight is 379 g/mol. The molecule has 140 valence electrons. The SMILES string of the molecule is O=C(O)CC/C(O)=c1\c(=O)cc(-c2ccc(C(F)(F)F)cc2)n2ncnc12. The van der Waals surface area contributed by atoms with Crippen LogP contribution in [0.1, 0.15) is 18.4 Å². The molecule has 0 aliphatic carbocycles. The van der Waals surface area contributed by atoms with E-state index in [9.17, 15) is 27.9 Å². The average Bonchev–Trinajstić information content (AvgIpc) is 3.07. The highest BCUT2D eigenvalue weighted by molar-refractivity contribution is 5.69. The number of aliphatic hydroxyl groups is 1. The van der Waals surface area contributed by atoms with Gasteiger partial charge in [0, 0.05) is 18.1 Å². The minimum atomic E-state index is -4.49. The number of carboxylic acid groups (broad SMARTS) is 1.